The lowest BCUT2D eigenvalue weighted by Crippen LogP contribution is -2.23. The Hall–Kier alpha value is -4.84. The zero-order chi connectivity index (χ0) is 24.0. The van der Waals surface area contributed by atoms with Gasteiger partial charge in [0.25, 0.3) is 0 Å². The summed E-state index contributed by atoms with van der Waals surface area (Å²) < 4.78 is 0. The quantitative estimate of drug-likeness (QED) is 0.434. The third kappa shape index (κ3) is 3.12. The minimum atomic E-state index is -0.631. The molecule has 5 rings (SSSR count). The number of hydrogen-bond acceptors (Lipinski definition) is 4. The van der Waals surface area contributed by atoms with E-state index in [1.807, 2.05) is 0 Å². The van der Waals surface area contributed by atoms with Crippen LogP contribution in [0.15, 0.2) is 84.9 Å². The van der Waals surface area contributed by atoms with Gasteiger partial charge < -0.3 is 11.5 Å². The topological polar surface area (TPSA) is 120 Å². The maximum Gasteiger partial charge on any atom is 0.249 e. The van der Waals surface area contributed by atoms with E-state index in [9.17, 15) is 19.2 Å². The molecule has 4 aromatic carbocycles. The number of hydrogen-bond donors (Lipinski definition) is 2. The van der Waals surface area contributed by atoms with Gasteiger partial charge in [-0.2, -0.15) is 0 Å². The third-order valence-electron chi connectivity index (χ3n) is 6.04. The summed E-state index contributed by atoms with van der Waals surface area (Å²) in [4.78, 5) is 51.6. The highest BCUT2D eigenvalue weighted by atomic mass is 16.2. The fourth-order valence-corrected chi connectivity index (χ4v) is 4.56. The molecule has 4 aromatic rings. The van der Waals surface area contributed by atoms with E-state index in [2.05, 4.69) is 0 Å². The summed E-state index contributed by atoms with van der Waals surface area (Å²) in [6.45, 7) is 0. The van der Waals surface area contributed by atoms with Crippen LogP contribution in [-0.4, -0.2) is 23.4 Å². The van der Waals surface area contributed by atoms with Gasteiger partial charge in [-0.25, -0.2) is 0 Å². The van der Waals surface area contributed by atoms with Crippen molar-refractivity contribution in [2.75, 3.05) is 0 Å². The Balaban J connectivity index is 1.77. The molecule has 34 heavy (non-hydrogen) atoms. The number of benzene rings is 4. The highest BCUT2D eigenvalue weighted by molar-refractivity contribution is 6.32. The molecule has 2 amide bonds. The van der Waals surface area contributed by atoms with Gasteiger partial charge in [-0.05, 0) is 34.4 Å². The summed E-state index contributed by atoms with van der Waals surface area (Å²) in [6.07, 6.45) is 0. The Morgan fingerprint density at radius 3 is 1.15 bits per heavy atom. The Labute approximate surface area is 194 Å². The molecule has 0 fully saturated rings. The van der Waals surface area contributed by atoms with Gasteiger partial charge in [0.05, 0.1) is 0 Å². The largest absolute Gasteiger partial charge is 0.366 e. The number of ketones is 2. The van der Waals surface area contributed by atoms with E-state index < -0.39 is 11.8 Å². The Morgan fingerprint density at radius 2 is 0.765 bits per heavy atom. The first-order valence-electron chi connectivity index (χ1n) is 10.5. The molecule has 0 aromatic heterocycles. The summed E-state index contributed by atoms with van der Waals surface area (Å²) in [5, 5.41) is 0. The van der Waals surface area contributed by atoms with Crippen molar-refractivity contribution < 1.29 is 19.2 Å². The summed E-state index contributed by atoms with van der Waals surface area (Å²) in [7, 11) is 0. The molecule has 1 aliphatic rings. The number of amides is 2. The Bertz CT molecular complexity index is 1440. The summed E-state index contributed by atoms with van der Waals surface area (Å²) in [5.74, 6) is -1.96. The Morgan fingerprint density at radius 1 is 0.441 bits per heavy atom. The van der Waals surface area contributed by atoms with Gasteiger partial charge in [0.2, 0.25) is 11.8 Å². The minimum absolute atomic E-state index is 0.217. The first kappa shape index (κ1) is 21.0. The number of nitrogens with two attached hydrogens (primary N) is 2. The summed E-state index contributed by atoms with van der Waals surface area (Å²) in [5.41, 5.74) is 14.4. The molecule has 0 saturated carbocycles. The zero-order valence-corrected chi connectivity index (χ0v) is 17.9. The average Bonchev–Trinajstić information content (AvgIpc) is 2.86. The van der Waals surface area contributed by atoms with E-state index in [0.29, 0.717) is 22.3 Å². The predicted molar refractivity (Wildman–Crippen MR) is 128 cm³/mol. The lowest BCUT2D eigenvalue weighted by atomic mass is 9.77. The zero-order valence-electron chi connectivity index (χ0n) is 17.9. The molecule has 0 aliphatic heterocycles. The van der Waals surface area contributed by atoms with E-state index in [0.717, 1.165) is 0 Å². The molecule has 0 bridgehead atoms. The summed E-state index contributed by atoms with van der Waals surface area (Å²) >= 11 is 0. The van der Waals surface area contributed by atoms with Crippen molar-refractivity contribution in [2.24, 2.45) is 11.5 Å². The molecule has 0 atom stereocenters. The van der Waals surface area contributed by atoms with Gasteiger partial charge in [-0.3, -0.25) is 19.2 Å². The van der Waals surface area contributed by atoms with Gasteiger partial charge >= 0.3 is 0 Å². The van der Waals surface area contributed by atoms with Crippen LogP contribution >= 0.6 is 0 Å². The SMILES string of the molecule is NC(=O)c1ccccc1-c1cccc2c1C(=O)c1cccc(-c3ccccc3C(N)=O)c1C2=O. The number of fused-ring (bicyclic) bond motifs is 2. The van der Waals surface area contributed by atoms with E-state index in [1.54, 1.807) is 84.9 Å². The summed E-state index contributed by atoms with van der Waals surface area (Å²) in [6, 6.07) is 23.3. The number of carbonyl (C=O) groups is 4. The van der Waals surface area contributed by atoms with E-state index in [-0.39, 0.29) is 44.9 Å². The molecule has 6 nitrogen and oxygen atoms in total. The molecule has 6 heteroatoms. The van der Waals surface area contributed by atoms with Crippen LogP contribution in [-0.2, 0) is 0 Å². The van der Waals surface area contributed by atoms with Crippen LogP contribution in [0.3, 0.4) is 0 Å². The van der Waals surface area contributed by atoms with Crippen LogP contribution in [0.2, 0.25) is 0 Å². The van der Waals surface area contributed by atoms with Crippen molar-refractivity contribution in [1.29, 1.82) is 0 Å². The molecule has 4 N–H and O–H groups in total. The number of primary amides is 2. The standard InChI is InChI=1S/C28H18N2O4/c29-27(33)19-9-3-1-7-15(19)17-11-5-13-21-23(17)25(31)22-14-6-12-18(24(22)26(21)32)16-8-2-4-10-20(16)28(30)34/h1-14H,(H2,29,33)(H2,30,34). The number of rotatable bonds is 4. The van der Waals surface area contributed by atoms with Crippen LogP contribution in [0.5, 0.6) is 0 Å². The van der Waals surface area contributed by atoms with E-state index in [1.165, 1.54) is 0 Å². The minimum Gasteiger partial charge on any atom is -0.366 e. The molecule has 0 radical (unpaired) electrons. The van der Waals surface area contributed by atoms with Crippen molar-refractivity contribution >= 4 is 23.4 Å². The second-order valence-electron chi connectivity index (χ2n) is 7.93. The lowest BCUT2D eigenvalue weighted by Gasteiger charge is -2.23. The maximum absolute atomic E-state index is 13.8. The molecule has 164 valence electrons. The maximum atomic E-state index is 13.8. The molecule has 0 unspecified atom stereocenters. The van der Waals surface area contributed by atoms with Crippen molar-refractivity contribution in [3.63, 3.8) is 0 Å². The van der Waals surface area contributed by atoms with E-state index >= 15 is 0 Å². The van der Waals surface area contributed by atoms with Crippen LogP contribution in [0, 0.1) is 0 Å². The predicted octanol–water partition coefficient (Wildman–Crippen LogP) is 3.99. The normalized spacial score (nSPS) is 12.1. The molecule has 0 spiro atoms. The monoisotopic (exact) mass is 446 g/mol. The van der Waals surface area contributed by atoms with Crippen LogP contribution in [0.4, 0.5) is 0 Å². The fourth-order valence-electron chi connectivity index (χ4n) is 4.56. The van der Waals surface area contributed by atoms with Crippen LogP contribution in [0.1, 0.15) is 52.6 Å². The van der Waals surface area contributed by atoms with Gasteiger partial charge in [0.15, 0.2) is 11.6 Å². The highest BCUT2D eigenvalue weighted by Crippen LogP contribution is 2.39. The van der Waals surface area contributed by atoms with Crippen molar-refractivity contribution in [3.05, 3.63) is 118 Å². The molecule has 0 saturated heterocycles. The van der Waals surface area contributed by atoms with Crippen molar-refractivity contribution in [2.45, 2.75) is 0 Å². The smallest absolute Gasteiger partial charge is 0.249 e. The van der Waals surface area contributed by atoms with Crippen LogP contribution < -0.4 is 11.5 Å². The third-order valence-corrected chi connectivity index (χ3v) is 6.04. The first-order valence-corrected chi connectivity index (χ1v) is 10.5. The second kappa shape index (κ2) is 7.94. The van der Waals surface area contributed by atoms with E-state index in [4.69, 9.17) is 11.5 Å². The Kier molecular flexibility index (Phi) is 4.91. The van der Waals surface area contributed by atoms with Gasteiger partial charge in [-0.15, -0.1) is 0 Å². The fraction of sp³-hybridized carbons (Fsp3) is 0. The first-order chi connectivity index (χ1) is 16.4. The van der Waals surface area contributed by atoms with Crippen molar-refractivity contribution in [1.82, 2.24) is 0 Å². The van der Waals surface area contributed by atoms with Crippen molar-refractivity contribution in [3.8, 4) is 22.3 Å². The lowest BCUT2D eigenvalue weighted by molar-refractivity contribution is 0.0979. The second-order valence-corrected chi connectivity index (χ2v) is 7.93. The molecule has 1 aliphatic carbocycles. The van der Waals surface area contributed by atoms with Gasteiger partial charge in [0.1, 0.15) is 0 Å². The molecular weight excluding hydrogens is 428 g/mol. The molecule has 0 heterocycles. The highest BCUT2D eigenvalue weighted by Gasteiger charge is 2.34. The molecular formula is C28H18N2O4. The van der Waals surface area contributed by atoms with Gasteiger partial charge in [0, 0.05) is 33.4 Å². The van der Waals surface area contributed by atoms with Gasteiger partial charge in [-0.1, -0.05) is 72.8 Å². The average molecular weight is 446 g/mol. The van der Waals surface area contributed by atoms with Crippen LogP contribution in [0.25, 0.3) is 22.3 Å². The number of carbonyl (C=O) groups excluding carboxylic acids is 4.